The minimum absolute atomic E-state index is 0.0625. The zero-order valence-electron chi connectivity index (χ0n) is 7.09. The summed E-state index contributed by atoms with van der Waals surface area (Å²) in [6, 6.07) is -0.665. The summed E-state index contributed by atoms with van der Waals surface area (Å²) in [4.78, 5) is 0. The molecule has 1 heterocycles. The predicted molar refractivity (Wildman–Crippen MR) is 42.9 cm³/mol. The quantitative estimate of drug-likeness (QED) is 0.270. The maximum absolute atomic E-state index is 9.53. The van der Waals surface area contributed by atoms with Gasteiger partial charge in [0.05, 0.1) is 19.3 Å². The first kappa shape index (κ1) is 10.8. The molecule has 1 rings (SSSR count). The van der Waals surface area contributed by atoms with Gasteiger partial charge in [-0.25, -0.2) is 0 Å². The Bertz CT molecular complexity index is 178. The number of aliphatic hydroxyl groups is 5. The fraction of sp³-hybridized carbons (Fsp3) is 1.00. The van der Waals surface area contributed by atoms with E-state index in [-0.39, 0.29) is 13.2 Å². The van der Waals surface area contributed by atoms with E-state index in [0.717, 1.165) is 0 Å². The number of β-amino-alcohol motifs (C(OH)–C–C–N with tert-alkyl or cyclic N) is 1. The molecule has 0 aromatic rings. The van der Waals surface area contributed by atoms with Crippen LogP contribution in [0.2, 0.25) is 0 Å². The van der Waals surface area contributed by atoms with E-state index in [2.05, 4.69) is 5.32 Å². The first-order valence-corrected chi connectivity index (χ1v) is 4.09. The highest BCUT2D eigenvalue weighted by molar-refractivity contribution is 5.01. The third-order valence-corrected chi connectivity index (χ3v) is 2.43. The van der Waals surface area contributed by atoms with E-state index in [4.69, 9.17) is 10.2 Å². The van der Waals surface area contributed by atoms with E-state index < -0.39 is 30.5 Å². The van der Waals surface area contributed by atoms with Crippen LogP contribution in [0.25, 0.3) is 0 Å². The molecule has 0 aromatic heterocycles. The first-order valence-electron chi connectivity index (χ1n) is 4.09. The lowest BCUT2D eigenvalue weighted by Crippen LogP contribution is -2.68. The number of nitrogens with one attached hydrogen (secondary N) is 1. The summed E-state index contributed by atoms with van der Waals surface area (Å²) in [6.07, 6.45) is -2.73. The highest BCUT2D eigenvalue weighted by Crippen LogP contribution is 2.19. The second-order valence-electron chi connectivity index (χ2n) is 3.37. The summed E-state index contributed by atoms with van der Waals surface area (Å²) < 4.78 is 0. The van der Waals surface area contributed by atoms with Crippen molar-refractivity contribution in [3.8, 4) is 0 Å². The van der Waals surface area contributed by atoms with Gasteiger partial charge in [-0.1, -0.05) is 0 Å². The number of hydrogen-bond donors (Lipinski definition) is 6. The lowest BCUT2D eigenvalue weighted by molar-refractivity contribution is -0.174. The normalized spacial score (nSPS) is 46.4. The number of hydrogen-bond acceptors (Lipinski definition) is 6. The Morgan fingerprint density at radius 1 is 1.31 bits per heavy atom. The highest BCUT2D eigenvalue weighted by atomic mass is 16.4. The molecular formula is C7H15NO5. The molecule has 1 aliphatic rings. The Morgan fingerprint density at radius 2 is 1.92 bits per heavy atom. The average Bonchev–Trinajstić information content (AvgIpc) is 2.15. The van der Waals surface area contributed by atoms with E-state index in [1.165, 1.54) is 0 Å². The summed E-state index contributed by atoms with van der Waals surface area (Å²) in [5, 5.41) is 48.4. The third kappa shape index (κ3) is 1.83. The van der Waals surface area contributed by atoms with Crippen molar-refractivity contribution in [2.45, 2.75) is 23.9 Å². The average molecular weight is 193 g/mol. The minimum atomic E-state index is -1.73. The largest absolute Gasteiger partial charge is 0.395 e. The first-order chi connectivity index (χ1) is 6.05. The number of aliphatic hydroxyl groups excluding tert-OH is 4. The Hall–Kier alpha value is -0.240. The van der Waals surface area contributed by atoms with Crippen LogP contribution in [0.1, 0.15) is 0 Å². The van der Waals surface area contributed by atoms with E-state index in [1.54, 1.807) is 0 Å². The van der Waals surface area contributed by atoms with Crippen molar-refractivity contribution >= 4 is 0 Å². The van der Waals surface area contributed by atoms with Crippen LogP contribution in [-0.4, -0.2) is 69.1 Å². The van der Waals surface area contributed by atoms with E-state index >= 15 is 0 Å². The van der Waals surface area contributed by atoms with Gasteiger partial charge < -0.3 is 30.8 Å². The zero-order chi connectivity index (χ0) is 10.1. The van der Waals surface area contributed by atoms with E-state index in [0.29, 0.717) is 0 Å². The molecule has 78 valence electrons. The lowest BCUT2D eigenvalue weighted by Gasteiger charge is -2.42. The molecular weight excluding hydrogens is 178 g/mol. The van der Waals surface area contributed by atoms with Gasteiger partial charge in [0.1, 0.15) is 17.8 Å². The van der Waals surface area contributed by atoms with Gasteiger partial charge in [0.2, 0.25) is 0 Å². The molecule has 6 N–H and O–H groups in total. The lowest BCUT2D eigenvalue weighted by atomic mass is 9.86. The molecule has 0 radical (unpaired) electrons. The topological polar surface area (TPSA) is 113 Å². The molecule has 0 amide bonds. The molecule has 0 bridgehead atoms. The van der Waals surface area contributed by atoms with Gasteiger partial charge in [0.15, 0.2) is 0 Å². The van der Waals surface area contributed by atoms with Crippen LogP contribution in [0.3, 0.4) is 0 Å². The van der Waals surface area contributed by atoms with Crippen molar-refractivity contribution in [3.63, 3.8) is 0 Å². The van der Waals surface area contributed by atoms with Gasteiger partial charge in [-0.3, -0.25) is 0 Å². The fourth-order valence-corrected chi connectivity index (χ4v) is 1.39. The standard InChI is InChI=1S/C7H15NO5/c9-1-4-5(11)6(12)7(13,3-10)2-8-4/h4-6,8-13H,1-3H2/t4-,5-,6-,7+/m0/s1. The third-order valence-electron chi connectivity index (χ3n) is 2.43. The van der Waals surface area contributed by atoms with E-state index in [9.17, 15) is 15.3 Å². The fourth-order valence-electron chi connectivity index (χ4n) is 1.39. The summed E-state index contributed by atoms with van der Waals surface area (Å²) >= 11 is 0. The van der Waals surface area contributed by atoms with Crippen LogP contribution < -0.4 is 5.32 Å². The van der Waals surface area contributed by atoms with Crippen LogP contribution >= 0.6 is 0 Å². The van der Waals surface area contributed by atoms with Crippen molar-refractivity contribution in [2.24, 2.45) is 0 Å². The van der Waals surface area contributed by atoms with Crippen molar-refractivity contribution in [1.82, 2.24) is 5.32 Å². The maximum Gasteiger partial charge on any atom is 0.128 e. The van der Waals surface area contributed by atoms with Gasteiger partial charge >= 0.3 is 0 Å². The van der Waals surface area contributed by atoms with Crippen molar-refractivity contribution in [3.05, 3.63) is 0 Å². The van der Waals surface area contributed by atoms with Crippen molar-refractivity contribution in [2.75, 3.05) is 19.8 Å². The van der Waals surface area contributed by atoms with Gasteiger partial charge in [-0.05, 0) is 0 Å². The van der Waals surface area contributed by atoms with Gasteiger partial charge in [-0.2, -0.15) is 0 Å². The molecule has 0 unspecified atom stereocenters. The van der Waals surface area contributed by atoms with Crippen molar-refractivity contribution < 1.29 is 25.5 Å². The SMILES string of the molecule is OC[C@@H]1NC[C@@](O)(CO)[C@@H](O)[C@H]1O. The Labute approximate surface area is 75.4 Å². The van der Waals surface area contributed by atoms with Crippen LogP contribution in [0.5, 0.6) is 0 Å². The smallest absolute Gasteiger partial charge is 0.128 e. The number of piperidine rings is 1. The van der Waals surface area contributed by atoms with Crippen LogP contribution in [-0.2, 0) is 0 Å². The highest BCUT2D eigenvalue weighted by Gasteiger charge is 2.46. The summed E-state index contributed by atoms with van der Waals surface area (Å²) in [5.41, 5.74) is -1.73. The zero-order valence-corrected chi connectivity index (χ0v) is 7.09. The summed E-state index contributed by atoms with van der Waals surface area (Å²) in [6.45, 7) is -1.04. The molecule has 13 heavy (non-hydrogen) atoms. The molecule has 6 heteroatoms. The molecule has 0 spiro atoms. The molecule has 0 aliphatic carbocycles. The van der Waals surface area contributed by atoms with Gasteiger partial charge in [-0.15, -0.1) is 0 Å². The molecule has 0 aromatic carbocycles. The molecule has 1 aliphatic heterocycles. The van der Waals surface area contributed by atoms with Crippen LogP contribution in [0.4, 0.5) is 0 Å². The monoisotopic (exact) mass is 193 g/mol. The Balaban J connectivity index is 2.69. The molecule has 0 saturated carbocycles. The maximum atomic E-state index is 9.53. The van der Waals surface area contributed by atoms with Crippen LogP contribution in [0.15, 0.2) is 0 Å². The van der Waals surface area contributed by atoms with E-state index in [1.807, 2.05) is 0 Å². The molecule has 4 atom stereocenters. The molecule has 1 fully saturated rings. The van der Waals surface area contributed by atoms with Gasteiger partial charge in [0, 0.05) is 6.54 Å². The second kappa shape index (κ2) is 3.87. The summed E-state index contributed by atoms with van der Waals surface area (Å²) in [5.74, 6) is 0. The predicted octanol–water partition coefficient (Wildman–Crippen LogP) is -3.60. The van der Waals surface area contributed by atoms with Gasteiger partial charge in [0.25, 0.3) is 0 Å². The summed E-state index contributed by atoms with van der Waals surface area (Å²) in [7, 11) is 0. The molecule has 6 nitrogen and oxygen atoms in total. The Kier molecular flexibility index (Phi) is 3.23. The van der Waals surface area contributed by atoms with Crippen LogP contribution in [0, 0.1) is 0 Å². The Morgan fingerprint density at radius 3 is 2.38 bits per heavy atom. The second-order valence-corrected chi connectivity index (χ2v) is 3.37. The number of rotatable bonds is 2. The van der Waals surface area contributed by atoms with Crippen molar-refractivity contribution in [1.29, 1.82) is 0 Å². The molecule has 1 saturated heterocycles. The minimum Gasteiger partial charge on any atom is -0.395 e.